The van der Waals surface area contributed by atoms with E-state index >= 15 is 0 Å². The Labute approximate surface area is 75.9 Å². The SMILES string of the molecule is Nc1cnn(CC2CCNC2=O)c1. The van der Waals surface area contributed by atoms with E-state index in [4.69, 9.17) is 5.73 Å². The number of nitrogens with one attached hydrogen (secondary N) is 1. The minimum absolute atomic E-state index is 0.0549. The van der Waals surface area contributed by atoms with Crippen LogP contribution in [-0.2, 0) is 11.3 Å². The van der Waals surface area contributed by atoms with Gasteiger partial charge >= 0.3 is 0 Å². The molecule has 1 aliphatic rings. The molecule has 70 valence electrons. The highest BCUT2D eigenvalue weighted by Crippen LogP contribution is 2.12. The largest absolute Gasteiger partial charge is 0.396 e. The van der Waals surface area contributed by atoms with Crippen molar-refractivity contribution in [2.45, 2.75) is 13.0 Å². The maximum Gasteiger partial charge on any atom is 0.225 e. The average molecular weight is 180 g/mol. The maximum absolute atomic E-state index is 11.2. The minimum Gasteiger partial charge on any atom is -0.396 e. The van der Waals surface area contributed by atoms with Crippen LogP contribution in [0.2, 0.25) is 0 Å². The van der Waals surface area contributed by atoms with Crippen LogP contribution in [-0.4, -0.2) is 22.2 Å². The van der Waals surface area contributed by atoms with Crippen molar-refractivity contribution in [3.05, 3.63) is 12.4 Å². The molecule has 13 heavy (non-hydrogen) atoms. The van der Waals surface area contributed by atoms with Gasteiger partial charge in [0.1, 0.15) is 0 Å². The Morgan fingerprint density at radius 3 is 3.15 bits per heavy atom. The van der Waals surface area contributed by atoms with Gasteiger partial charge in [0.05, 0.1) is 24.3 Å². The molecule has 1 aromatic heterocycles. The van der Waals surface area contributed by atoms with Gasteiger partial charge in [0.15, 0.2) is 0 Å². The molecule has 0 spiro atoms. The number of nitrogens with zero attached hydrogens (tertiary/aromatic N) is 2. The van der Waals surface area contributed by atoms with Gasteiger partial charge in [0.25, 0.3) is 0 Å². The van der Waals surface area contributed by atoms with Gasteiger partial charge in [-0.05, 0) is 6.42 Å². The van der Waals surface area contributed by atoms with Crippen LogP contribution in [0.3, 0.4) is 0 Å². The zero-order valence-corrected chi connectivity index (χ0v) is 7.23. The van der Waals surface area contributed by atoms with Crippen molar-refractivity contribution in [3.63, 3.8) is 0 Å². The van der Waals surface area contributed by atoms with Crippen LogP contribution in [0.5, 0.6) is 0 Å². The third kappa shape index (κ3) is 1.63. The molecule has 2 rings (SSSR count). The van der Waals surface area contributed by atoms with Gasteiger partial charge in [-0.3, -0.25) is 9.48 Å². The Hall–Kier alpha value is -1.52. The minimum atomic E-state index is 0.0549. The molecular weight excluding hydrogens is 168 g/mol. The van der Waals surface area contributed by atoms with E-state index < -0.39 is 0 Å². The fourth-order valence-corrected chi connectivity index (χ4v) is 1.52. The lowest BCUT2D eigenvalue weighted by molar-refractivity contribution is -0.122. The molecule has 1 amide bonds. The van der Waals surface area contributed by atoms with E-state index in [0.717, 1.165) is 13.0 Å². The molecule has 1 aromatic rings. The highest BCUT2D eigenvalue weighted by Gasteiger charge is 2.24. The summed E-state index contributed by atoms with van der Waals surface area (Å²) in [7, 11) is 0. The van der Waals surface area contributed by atoms with Crippen molar-refractivity contribution >= 4 is 11.6 Å². The number of aromatic nitrogens is 2. The number of carbonyl (C=O) groups excluding carboxylic acids is 1. The normalized spacial score (nSPS) is 21.8. The standard InChI is InChI=1S/C8H12N4O/c9-7-3-11-12(5-7)4-6-1-2-10-8(6)13/h3,5-6H,1-2,4,9H2,(H,10,13). The van der Waals surface area contributed by atoms with Crippen molar-refractivity contribution < 1.29 is 4.79 Å². The zero-order chi connectivity index (χ0) is 9.26. The number of amides is 1. The first-order valence-corrected chi connectivity index (χ1v) is 4.31. The Bertz CT molecular complexity index is 320. The molecule has 2 heterocycles. The van der Waals surface area contributed by atoms with Gasteiger partial charge in [0.2, 0.25) is 5.91 Å². The molecule has 0 aromatic carbocycles. The first-order chi connectivity index (χ1) is 6.25. The summed E-state index contributed by atoms with van der Waals surface area (Å²) in [4.78, 5) is 11.2. The van der Waals surface area contributed by atoms with Gasteiger partial charge in [-0.1, -0.05) is 0 Å². The number of hydrogen-bond donors (Lipinski definition) is 2. The van der Waals surface area contributed by atoms with Crippen LogP contribution in [0.4, 0.5) is 5.69 Å². The number of anilines is 1. The second kappa shape index (κ2) is 3.08. The quantitative estimate of drug-likeness (QED) is 0.650. The molecule has 0 bridgehead atoms. The fraction of sp³-hybridized carbons (Fsp3) is 0.500. The highest BCUT2D eigenvalue weighted by atomic mass is 16.2. The van der Waals surface area contributed by atoms with Crippen LogP contribution < -0.4 is 11.1 Å². The number of nitrogen functional groups attached to an aromatic ring is 1. The summed E-state index contributed by atoms with van der Waals surface area (Å²) in [6.45, 7) is 1.41. The van der Waals surface area contributed by atoms with Gasteiger partial charge in [0, 0.05) is 12.7 Å². The van der Waals surface area contributed by atoms with Gasteiger partial charge in [-0.15, -0.1) is 0 Å². The molecule has 5 nitrogen and oxygen atoms in total. The summed E-state index contributed by atoms with van der Waals surface area (Å²) in [5.41, 5.74) is 6.14. The van der Waals surface area contributed by atoms with Crippen molar-refractivity contribution in [1.82, 2.24) is 15.1 Å². The van der Waals surface area contributed by atoms with Crippen LogP contribution in [0, 0.1) is 5.92 Å². The zero-order valence-electron chi connectivity index (χ0n) is 7.23. The summed E-state index contributed by atoms with van der Waals surface area (Å²) in [6.07, 6.45) is 4.22. The van der Waals surface area contributed by atoms with Gasteiger partial charge in [-0.25, -0.2) is 0 Å². The number of rotatable bonds is 2. The van der Waals surface area contributed by atoms with Crippen LogP contribution >= 0.6 is 0 Å². The number of carbonyl (C=O) groups is 1. The predicted molar refractivity (Wildman–Crippen MR) is 47.8 cm³/mol. The molecule has 1 aliphatic heterocycles. The van der Waals surface area contributed by atoms with E-state index in [1.54, 1.807) is 17.1 Å². The molecular formula is C8H12N4O. The lowest BCUT2D eigenvalue weighted by Gasteiger charge is -2.05. The summed E-state index contributed by atoms with van der Waals surface area (Å²) in [6, 6.07) is 0. The smallest absolute Gasteiger partial charge is 0.225 e. The molecule has 1 atom stereocenters. The van der Waals surface area contributed by atoms with Gasteiger partial charge in [-0.2, -0.15) is 5.10 Å². The number of hydrogen-bond acceptors (Lipinski definition) is 3. The van der Waals surface area contributed by atoms with Crippen molar-refractivity contribution in [1.29, 1.82) is 0 Å². The monoisotopic (exact) mass is 180 g/mol. The lowest BCUT2D eigenvalue weighted by Crippen LogP contribution is -2.22. The summed E-state index contributed by atoms with van der Waals surface area (Å²) in [5.74, 6) is 0.174. The van der Waals surface area contributed by atoms with Crippen LogP contribution in [0.25, 0.3) is 0 Å². The van der Waals surface area contributed by atoms with E-state index in [-0.39, 0.29) is 11.8 Å². The Morgan fingerprint density at radius 1 is 1.77 bits per heavy atom. The van der Waals surface area contributed by atoms with E-state index in [0.29, 0.717) is 12.2 Å². The molecule has 0 saturated carbocycles. The summed E-state index contributed by atoms with van der Waals surface area (Å²) in [5, 5.41) is 6.81. The molecule has 5 heteroatoms. The topological polar surface area (TPSA) is 72.9 Å². The van der Waals surface area contributed by atoms with Crippen LogP contribution in [0.15, 0.2) is 12.4 Å². The van der Waals surface area contributed by atoms with E-state index in [2.05, 4.69) is 10.4 Å². The van der Waals surface area contributed by atoms with Crippen molar-refractivity contribution in [3.8, 4) is 0 Å². The van der Waals surface area contributed by atoms with Crippen LogP contribution in [0.1, 0.15) is 6.42 Å². The predicted octanol–water partition coefficient (Wildman–Crippen LogP) is -0.399. The molecule has 0 aliphatic carbocycles. The third-order valence-electron chi connectivity index (χ3n) is 2.22. The van der Waals surface area contributed by atoms with Crippen molar-refractivity contribution in [2.24, 2.45) is 5.92 Å². The molecule has 1 fully saturated rings. The second-order valence-electron chi connectivity index (χ2n) is 3.27. The van der Waals surface area contributed by atoms with E-state index in [9.17, 15) is 4.79 Å². The Morgan fingerprint density at radius 2 is 2.62 bits per heavy atom. The van der Waals surface area contributed by atoms with Gasteiger partial charge < -0.3 is 11.1 Å². The molecule has 3 N–H and O–H groups in total. The molecule has 1 saturated heterocycles. The fourth-order valence-electron chi connectivity index (χ4n) is 1.52. The second-order valence-corrected chi connectivity index (χ2v) is 3.27. The molecule has 0 radical (unpaired) electrons. The average Bonchev–Trinajstić information content (AvgIpc) is 2.64. The van der Waals surface area contributed by atoms with Crippen molar-refractivity contribution in [2.75, 3.05) is 12.3 Å². The summed E-state index contributed by atoms with van der Waals surface area (Å²) < 4.78 is 1.71. The highest BCUT2D eigenvalue weighted by molar-refractivity contribution is 5.80. The third-order valence-corrected chi connectivity index (χ3v) is 2.22. The van der Waals surface area contributed by atoms with E-state index in [1.165, 1.54) is 0 Å². The Kier molecular flexibility index (Phi) is 1.92. The maximum atomic E-state index is 11.2. The summed E-state index contributed by atoms with van der Waals surface area (Å²) >= 11 is 0. The number of nitrogens with two attached hydrogens (primary N) is 1. The first-order valence-electron chi connectivity index (χ1n) is 4.31. The first kappa shape index (κ1) is 8.10. The molecule has 1 unspecified atom stereocenters. The lowest BCUT2D eigenvalue weighted by atomic mass is 10.1. The Balaban J connectivity index is 2.01. The van der Waals surface area contributed by atoms with E-state index in [1.807, 2.05) is 0 Å².